The van der Waals surface area contributed by atoms with Gasteiger partial charge in [-0.25, -0.2) is 4.98 Å². The first-order valence-corrected chi connectivity index (χ1v) is 3.60. The number of nitriles is 1. The van der Waals surface area contributed by atoms with Crippen LogP contribution in [-0.4, -0.2) is 19.9 Å². The molecule has 2 aromatic rings. The van der Waals surface area contributed by atoms with Crippen molar-refractivity contribution in [2.24, 2.45) is 0 Å². The van der Waals surface area contributed by atoms with Crippen LogP contribution in [0, 0.1) is 18.3 Å². The Morgan fingerprint density at radius 3 is 2.85 bits per heavy atom. The Balaban J connectivity index is 2.84. The number of H-pyrrole nitrogens is 1. The molecule has 3 N–H and O–H groups in total. The molecule has 0 fully saturated rings. The third-order valence-electron chi connectivity index (χ3n) is 1.66. The van der Waals surface area contributed by atoms with Crippen molar-refractivity contribution < 1.29 is 0 Å². The van der Waals surface area contributed by atoms with E-state index in [-0.39, 0.29) is 11.8 Å². The smallest absolute Gasteiger partial charge is 0.222 e. The van der Waals surface area contributed by atoms with Gasteiger partial charge in [0, 0.05) is 0 Å². The molecule has 0 aliphatic rings. The summed E-state index contributed by atoms with van der Waals surface area (Å²) in [5.41, 5.74) is 7.20. The van der Waals surface area contributed by atoms with Crippen LogP contribution in [-0.2, 0) is 0 Å². The summed E-state index contributed by atoms with van der Waals surface area (Å²) in [4.78, 5) is 14.5. The molecule has 0 aromatic carbocycles. The van der Waals surface area contributed by atoms with Gasteiger partial charge in [0.15, 0.2) is 5.65 Å². The van der Waals surface area contributed by atoms with Crippen LogP contribution in [0.2, 0.25) is 0 Å². The Labute approximate surface area is 73.4 Å². The molecule has 0 saturated carbocycles. The Morgan fingerprint density at radius 2 is 2.15 bits per heavy atom. The molecule has 0 amide bonds. The molecule has 0 saturated heterocycles. The average Bonchev–Trinajstić information content (AvgIpc) is 2.47. The minimum absolute atomic E-state index is 0.168. The molecule has 0 unspecified atom stereocenters. The summed E-state index contributed by atoms with van der Waals surface area (Å²) < 4.78 is 0. The largest absolute Gasteiger partial charge is 0.368 e. The summed E-state index contributed by atoms with van der Waals surface area (Å²) in [6.07, 6.45) is 0. The van der Waals surface area contributed by atoms with E-state index in [1.807, 2.05) is 6.07 Å². The standard InChI is InChI=1S/C7H6N6/c1-3-5-6(13-7(9)10-3)12-4(2-8)11-5/h1H3,(H3,9,10,11,12,13). The second kappa shape index (κ2) is 2.42. The quantitative estimate of drug-likeness (QED) is 0.590. The predicted octanol–water partition coefficient (Wildman–Crippen LogP) is 0.115. The monoisotopic (exact) mass is 174 g/mol. The lowest BCUT2D eigenvalue weighted by molar-refractivity contribution is 1.15. The lowest BCUT2D eigenvalue weighted by Gasteiger charge is -1.94. The zero-order valence-electron chi connectivity index (χ0n) is 6.87. The molecule has 0 spiro atoms. The highest BCUT2D eigenvalue weighted by molar-refractivity contribution is 5.74. The molecule has 0 radical (unpaired) electrons. The number of imidazole rings is 1. The van der Waals surface area contributed by atoms with Crippen molar-refractivity contribution in [3.05, 3.63) is 11.5 Å². The number of nitrogens with one attached hydrogen (secondary N) is 1. The van der Waals surface area contributed by atoms with E-state index in [2.05, 4.69) is 19.9 Å². The van der Waals surface area contributed by atoms with Crippen LogP contribution in [0.25, 0.3) is 11.2 Å². The molecular formula is C7H6N6. The Bertz CT molecular complexity index is 505. The third-order valence-corrected chi connectivity index (χ3v) is 1.66. The van der Waals surface area contributed by atoms with Gasteiger partial charge in [-0.1, -0.05) is 0 Å². The van der Waals surface area contributed by atoms with E-state index in [9.17, 15) is 0 Å². The van der Waals surface area contributed by atoms with Crippen molar-refractivity contribution in [1.82, 2.24) is 19.9 Å². The summed E-state index contributed by atoms with van der Waals surface area (Å²) in [5.74, 6) is 0.388. The molecule has 6 nitrogen and oxygen atoms in total. The molecule has 64 valence electrons. The maximum atomic E-state index is 8.58. The van der Waals surface area contributed by atoms with E-state index < -0.39 is 0 Å². The first kappa shape index (κ1) is 7.49. The second-order valence-corrected chi connectivity index (χ2v) is 2.56. The number of hydrogen-bond donors (Lipinski definition) is 2. The van der Waals surface area contributed by atoms with Crippen LogP contribution < -0.4 is 5.73 Å². The van der Waals surface area contributed by atoms with Crippen LogP contribution in [0.15, 0.2) is 0 Å². The lowest BCUT2D eigenvalue weighted by atomic mass is 10.4. The van der Waals surface area contributed by atoms with Crippen LogP contribution in [0.4, 0.5) is 5.95 Å². The lowest BCUT2D eigenvalue weighted by Crippen LogP contribution is -1.96. The van der Waals surface area contributed by atoms with E-state index in [0.717, 1.165) is 0 Å². The van der Waals surface area contributed by atoms with Gasteiger partial charge in [-0.05, 0) is 6.92 Å². The fourth-order valence-corrected chi connectivity index (χ4v) is 1.11. The highest BCUT2D eigenvalue weighted by Crippen LogP contribution is 2.12. The topological polar surface area (TPSA) is 104 Å². The van der Waals surface area contributed by atoms with Gasteiger partial charge in [0.1, 0.15) is 11.6 Å². The highest BCUT2D eigenvalue weighted by atomic mass is 15.1. The molecule has 2 aromatic heterocycles. The van der Waals surface area contributed by atoms with Gasteiger partial charge < -0.3 is 10.7 Å². The van der Waals surface area contributed by atoms with Gasteiger partial charge in [-0.2, -0.15) is 15.2 Å². The van der Waals surface area contributed by atoms with Gasteiger partial charge >= 0.3 is 0 Å². The first-order valence-electron chi connectivity index (χ1n) is 3.60. The summed E-state index contributed by atoms with van der Waals surface area (Å²) in [6, 6.07) is 1.89. The van der Waals surface area contributed by atoms with E-state index in [1.165, 1.54) is 0 Å². The van der Waals surface area contributed by atoms with Crippen molar-refractivity contribution in [2.45, 2.75) is 6.92 Å². The molecule has 2 heterocycles. The number of rotatable bonds is 0. The van der Waals surface area contributed by atoms with E-state index >= 15 is 0 Å². The summed E-state index contributed by atoms with van der Waals surface area (Å²) in [7, 11) is 0. The molecule has 0 atom stereocenters. The molecule has 13 heavy (non-hydrogen) atoms. The summed E-state index contributed by atoms with van der Waals surface area (Å²) >= 11 is 0. The molecule has 0 aliphatic heterocycles. The highest BCUT2D eigenvalue weighted by Gasteiger charge is 2.07. The van der Waals surface area contributed by atoms with Crippen molar-refractivity contribution in [1.29, 1.82) is 5.26 Å². The van der Waals surface area contributed by atoms with Crippen LogP contribution in [0.1, 0.15) is 11.5 Å². The SMILES string of the molecule is Cc1nc(N)nc2nc(C#N)[nH]c12. The third kappa shape index (κ3) is 1.06. The van der Waals surface area contributed by atoms with Crippen LogP contribution >= 0.6 is 0 Å². The minimum Gasteiger partial charge on any atom is -0.368 e. The zero-order chi connectivity index (χ0) is 9.42. The van der Waals surface area contributed by atoms with Gasteiger partial charge in [0.25, 0.3) is 0 Å². The number of nitrogens with two attached hydrogens (primary N) is 1. The Kier molecular flexibility index (Phi) is 1.39. The van der Waals surface area contributed by atoms with Crippen molar-refractivity contribution in [2.75, 3.05) is 5.73 Å². The number of anilines is 1. The fraction of sp³-hybridized carbons (Fsp3) is 0.143. The van der Waals surface area contributed by atoms with Crippen molar-refractivity contribution in [3.8, 4) is 6.07 Å². The number of fused-ring (bicyclic) bond motifs is 1. The fourth-order valence-electron chi connectivity index (χ4n) is 1.11. The van der Waals surface area contributed by atoms with Crippen LogP contribution in [0.3, 0.4) is 0 Å². The number of aromatic nitrogens is 4. The predicted molar refractivity (Wildman–Crippen MR) is 45.5 cm³/mol. The maximum Gasteiger partial charge on any atom is 0.222 e. The number of aromatic amines is 1. The zero-order valence-corrected chi connectivity index (χ0v) is 6.87. The Hall–Kier alpha value is -2.16. The average molecular weight is 174 g/mol. The molecule has 2 rings (SSSR count). The molecule has 6 heteroatoms. The van der Waals surface area contributed by atoms with Gasteiger partial charge in [0.2, 0.25) is 11.8 Å². The minimum atomic E-state index is 0.168. The van der Waals surface area contributed by atoms with Gasteiger partial charge in [-0.3, -0.25) is 0 Å². The van der Waals surface area contributed by atoms with E-state index in [0.29, 0.717) is 16.9 Å². The van der Waals surface area contributed by atoms with E-state index in [4.69, 9.17) is 11.0 Å². The maximum absolute atomic E-state index is 8.58. The number of aryl methyl sites for hydroxylation is 1. The molecular weight excluding hydrogens is 168 g/mol. The summed E-state index contributed by atoms with van der Waals surface area (Å²) in [5, 5.41) is 8.58. The summed E-state index contributed by atoms with van der Waals surface area (Å²) in [6.45, 7) is 1.78. The number of hydrogen-bond acceptors (Lipinski definition) is 5. The second-order valence-electron chi connectivity index (χ2n) is 2.56. The molecule has 0 aliphatic carbocycles. The molecule has 0 bridgehead atoms. The van der Waals surface area contributed by atoms with E-state index in [1.54, 1.807) is 6.92 Å². The normalized spacial score (nSPS) is 10.2. The van der Waals surface area contributed by atoms with Crippen molar-refractivity contribution in [3.63, 3.8) is 0 Å². The first-order chi connectivity index (χ1) is 6.20. The number of nitrogens with zero attached hydrogens (tertiary/aromatic N) is 4. The van der Waals surface area contributed by atoms with Crippen LogP contribution in [0.5, 0.6) is 0 Å². The van der Waals surface area contributed by atoms with Gasteiger partial charge in [-0.15, -0.1) is 0 Å². The Morgan fingerprint density at radius 1 is 1.38 bits per heavy atom. The van der Waals surface area contributed by atoms with Gasteiger partial charge in [0.05, 0.1) is 5.69 Å². The van der Waals surface area contributed by atoms with Crippen molar-refractivity contribution >= 4 is 17.1 Å². The number of nitrogen functional groups attached to an aromatic ring is 1.